The van der Waals surface area contributed by atoms with Gasteiger partial charge in [-0.2, -0.15) is 0 Å². The Balaban J connectivity index is 2.21. The van der Waals surface area contributed by atoms with E-state index >= 15 is 0 Å². The lowest BCUT2D eigenvalue weighted by molar-refractivity contribution is 0.0995. The molecule has 0 aliphatic carbocycles. The van der Waals surface area contributed by atoms with E-state index in [0.717, 1.165) is 5.56 Å². The van der Waals surface area contributed by atoms with Crippen LogP contribution in [-0.4, -0.2) is 5.91 Å². The molecule has 1 amide bonds. The summed E-state index contributed by atoms with van der Waals surface area (Å²) in [6, 6.07) is 8.74. The standard InChI is InChI=1S/C13H12ClNO2/c1-8-3-5-10(14)7-11(8)15-13(16)12-6-4-9(2)17-12/h3-7H,1-2H3,(H,15,16). The molecule has 4 heteroatoms. The van der Waals surface area contributed by atoms with Crippen LogP contribution in [0.2, 0.25) is 5.02 Å². The first-order chi connectivity index (χ1) is 8.06. The quantitative estimate of drug-likeness (QED) is 0.880. The number of anilines is 1. The summed E-state index contributed by atoms with van der Waals surface area (Å²) in [5, 5.41) is 3.35. The van der Waals surface area contributed by atoms with E-state index in [9.17, 15) is 4.79 Å². The highest BCUT2D eigenvalue weighted by molar-refractivity contribution is 6.31. The van der Waals surface area contributed by atoms with Gasteiger partial charge in [-0.3, -0.25) is 4.79 Å². The zero-order valence-electron chi connectivity index (χ0n) is 9.58. The Hall–Kier alpha value is -1.74. The monoisotopic (exact) mass is 249 g/mol. The van der Waals surface area contributed by atoms with Gasteiger partial charge in [0.15, 0.2) is 5.76 Å². The fourth-order valence-corrected chi connectivity index (χ4v) is 1.64. The Bertz CT molecular complexity index is 560. The van der Waals surface area contributed by atoms with E-state index in [1.54, 1.807) is 31.2 Å². The number of rotatable bonds is 2. The van der Waals surface area contributed by atoms with Gasteiger partial charge in [-0.15, -0.1) is 0 Å². The molecule has 0 fully saturated rings. The van der Waals surface area contributed by atoms with Gasteiger partial charge in [-0.25, -0.2) is 0 Å². The molecule has 1 aromatic carbocycles. The average molecular weight is 250 g/mol. The Morgan fingerprint density at radius 2 is 2.00 bits per heavy atom. The molecule has 0 aliphatic heterocycles. The van der Waals surface area contributed by atoms with Crippen molar-refractivity contribution < 1.29 is 9.21 Å². The van der Waals surface area contributed by atoms with Crippen molar-refractivity contribution in [3.05, 3.63) is 52.4 Å². The molecule has 0 unspecified atom stereocenters. The second-order valence-electron chi connectivity index (χ2n) is 3.82. The van der Waals surface area contributed by atoms with Crippen LogP contribution in [0, 0.1) is 13.8 Å². The number of halogens is 1. The van der Waals surface area contributed by atoms with Crippen molar-refractivity contribution in [2.45, 2.75) is 13.8 Å². The second kappa shape index (κ2) is 4.63. The number of benzene rings is 1. The molecular weight excluding hydrogens is 238 g/mol. The third kappa shape index (κ3) is 2.68. The molecule has 0 atom stereocenters. The van der Waals surface area contributed by atoms with Gasteiger partial charge in [0.1, 0.15) is 5.76 Å². The van der Waals surface area contributed by atoms with Gasteiger partial charge >= 0.3 is 0 Å². The van der Waals surface area contributed by atoms with Gasteiger partial charge in [0, 0.05) is 10.7 Å². The molecule has 3 nitrogen and oxygen atoms in total. The highest BCUT2D eigenvalue weighted by Crippen LogP contribution is 2.21. The second-order valence-corrected chi connectivity index (χ2v) is 4.26. The summed E-state index contributed by atoms with van der Waals surface area (Å²) < 4.78 is 5.24. The third-order valence-corrected chi connectivity index (χ3v) is 2.65. The van der Waals surface area contributed by atoms with E-state index in [1.165, 1.54) is 0 Å². The first-order valence-corrected chi connectivity index (χ1v) is 5.58. The van der Waals surface area contributed by atoms with Crippen molar-refractivity contribution in [3.63, 3.8) is 0 Å². The number of carbonyl (C=O) groups excluding carboxylic acids is 1. The summed E-state index contributed by atoms with van der Waals surface area (Å²) >= 11 is 5.88. The summed E-state index contributed by atoms with van der Waals surface area (Å²) in [4.78, 5) is 11.8. The maximum Gasteiger partial charge on any atom is 0.291 e. The predicted molar refractivity (Wildman–Crippen MR) is 67.6 cm³/mol. The number of furan rings is 1. The van der Waals surface area contributed by atoms with Crippen LogP contribution in [0.15, 0.2) is 34.7 Å². The van der Waals surface area contributed by atoms with Gasteiger partial charge in [0.2, 0.25) is 0 Å². The van der Waals surface area contributed by atoms with Crippen LogP contribution in [0.3, 0.4) is 0 Å². The third-order valence-electron chi connectivity index (χ3n) is 2.41. The van der Waals surface area contributed by atoms with E-state index in [1.807, 2.05) is 13.0 Å². The number of carbonyl (C=O) groups is 1. The van der Waals surface area contributed by atoms with Gasteiger partial charge in [0.05, 0.1) is 0 Å². The van der Waals surface area contributed by atoms with E-state index in [0.29, 0.717) is 22.2 Å². The minimum atomic E-state index is -0.275. The number of nitrogens with one attached hydrogen (secondary N) is 1. The molecule has 2 rings (SSSR count). The largest absolute Gasteiger partial charge is 0.456 e. The molecule has 17 heavy (non-hydrogen) atoms. The normalized spacial score (nSPS) is 10.3. The Morgan fingerprint density at radius 1 is 1.24 bits per heavy atom. The van der Waals surface area contributed by atoms with Gasteiger partial charge < -0.3 is 9.73 Å². The highest BCUT2D eigenvalue weighted by Gasteiger charge is 2.11. The lowest BCUT2D eigenvalue weighted by Crippen LogP contribution is -2.11. The van der Waals surface area contributed by atoms with Crippen molar-refractivity contribution >= 4 is 23.2 Å². The molecule has 1 heterocycles. The molecule has 0 radical (unpaired) electrons. The first-order valence-electron chi connectivity index (χ1n) is 5.20. The van der Waals surface area contributed by atoms with Crippen molar-refractivity contribution in [2.75, 3.05) is 5.32 Å². The lowest BCUT2D eigenvalue weighted by Gasteiger charge is -2.07. The zero-order valence-corrected chi connectivity index (χ0v) is 10.3. The van der Waals surface area contributed by atoms with Crippen LogP contribution in [0.25, 0.3) is 0 Å². The molecule has 2 aromatic rings. The Morgan fingerprint density at radius 3 is 2.65 bits per heavy atom. The number of hydrogen-bond donors (Lipinski definition) is 1. The Labute approximate surface area is 104 Å². The summed E-state index contributed by atoms with van der Waals surface area (Å²) in [6.45, 7) is 3.70. The molecule has 1 N–H and O–H groups in total. The van der Waals surface area contributed by atoms with E-state index < -0.39 is 0 Å². The van der Waals surface area contributed by atoms with Crippen LogP contribution in [0.5, 0.6) is 0 Å². The van der Waals surface area contributed by atoms with E-state index in [2.05, 4.69) is 5.32 Å². The smallest absolute Gasteiger partial charge is 0.291 e. The maximum atomic E-state index is 11.8. The van der Waals surface area contributed by atoms with Gasteiger partial charge in [-0.1, -0.05) is 17.7 Å². The minimum Gasteiger partial charge on any atom is -0.456 e. The summed E-state index contributed by atoms with van der Waals surface area (Å²) in [6.07, 6.45) is 0. The topological polar surface area (TPSA) is 42.2 Å². The molecule has 0 spiro atoms. The van der Waals surface area contributed by atoms with Crippen LogP contribution < -0.4 is 5.32 Å². The zero-order chi connectivity index (χ0) is 12.4. The van der Waals surface area contributed by atoms with Gasteiger partial charge in [0.25, 0.3) is 5.91 Å². The number of amides is 1. The van der Waals surface area contributed by atoms with Crippen molar-refractivity contribution in [3.8, 4) is 0 Å². The van der Waals surface area contributed by atoms with E-state index in [4.69, 9.17) is 16.0 Å². The average Bonchev–Trinajstić information content (AvgIpc) is 2.70. The van der Waals surface area contributed by atoms with Crippen LogP contribution >= 0.6 is 11.6 Å². The molecule has 0 saturated carbocycles. The first kappa shape index (κ1) is 11.7. The van der Waals surface area contributed by atoms with Crippen molar-refractivity contribution in [1.82, 2.24) is 0 Å². The number of hydrogen-bond acceptors (Lipinski definition) is 2. The SMILES string of the molecule is Cc1ccc(C(=O)Nc2cc(Cl)ccc2C)o1. The number of aryl methyl sites for hydroxylation is 2. The van der Waals surface area contributed by atoms with E-state index in [-0.39, 0.29) is 5.91 Å². The molecular formula is C13H12ClNO2. The van der Waals surface area contributed by atoms with Crippen molar-refractivity contribution in [2.24, 2.45) is 0 Å². The minimum absolute atomic E-state index is 0.275. The highest BCUT2D eigenvalue weighted by atomic mass is 35.5. The van der Waals surface area contributed by atoms with Crippen molar-refractivity contribution in [1.29, 1.82) is 0 Å². The van der Waals surface area contributed by atoms with Crippen LogP contribution in [-0.2, 0) is 0 Å². The molecule has 0 aliphatic rings. The summed E-state index contributed by atoms with van der Waals surface area (Å²) in [5.41, 5.74) is 1.64. The lowest BCUT2D eigenvalue weighted by atomic mass is 10.2. The van der Waals surface area contributed by atoms with Gasteiger partial charge in [-0.05, 0) is 43.7 Å². The molecule has 1 aromatic heterocycles. The summed E-state index contributed by atoms with van der Waals surface area (Å²) in [5.74, 6) is 0.725. The predicted octanol–water partition coefficient (Wildman–Crippen LogP) is 3.80. The maximum absolute atomic E-state index is 11.8. The molecule has 88 valence electrons. The summed E-state index contributed by atoms with van der Waals surface area (Å²) in [7, 11) is 0. The fourth-order valence-electron chi connectivity index (χ4n) is 1.47. The fraction of sp³-hybridized carbons (Fsp3) is 0.154. The molecule has 0 bridgehead atoms. The van der Waals surface area contributed by atoms with Crippen LogP contribution in [0.4, 0.5) is 5.69 Å². The molecule has 0 saturated heterocycles. The van der Waals surface area contributed by atoms with Crippen LogP contribution in [0.1, 0.15) is 21.9 Å². The Kier molecular flexibility index (Phi) is 3.20.